The zero-order valence-corrected chi connectivity index (χ0v) is 9.19. The smallest absolute Gasteiger partial charge is 0.221 e. The predicted molar refractivity (Wildman–Crippen MR) is 60.6 cm³/mol. The minimum atomic E-state index is -0.0886. The van der Waals surface area contributed by atoms with Gasteiger partial charge < -0.3 is 5.32 Å². The fourth-order valence-electron chi connectivity index (χ4n) is 1.74. The van der Waals surface area contributed by atoms with Crippen molar-refractivity contribution in [3.63, 3.8) is 0 Å². The second kappa shape index (κ2) is 4.45. The molecule has 1 amide bonds. The average Bonchev–Trinajstić information content (AvgIpc) is 2.46. The second-order valence-electron chi connectivity index (χ2n) is 3.48. The molecule has 0 bridgehead atoms. The number of rotatable bonds is 1. The number of hydrogen-bond acceptors (Lipinski definition) is 2. The van der Waals surface area contributed by atoms with Gasteiger partial charge in [0.1, 0.15) is 0 Å². The first-order chi connectivity index (χ1) is 6.66. The highest BCUT2D eigenvalue weighted by Gasteiger charge is 2.19. The number of aryl methyl sites for hydroxylation is 1. The number of halogens is 1. The number of ketones is 1. The van der Waals surface area contributed by atoms with Crippen LogP contribution in [0.3, 0.4) is 0 Å². The van der Waals surface area contributed by atoms with Gasteiger partial charge in [-0.15, -0.1) is 12.4 Å². The number of Topliss-reactive ketones (excluding diaryl/α,β-unsaturated/α-hetero) is 1. The predicted octanol–water partition coefficient (Wildman–Crippen LogP) is 2.20. The molecule has 0 heterocycles. The van der Waals surface area contributed by atoms with Gasteiger partial charge in [-0.25, -0.2) is 0 Å². The minimum absolute atomic E-state index is 0. The third-order valence-electron chi connectivity index (χ3n) is 2.35. The summed E-state index contributed by atoms with van der Waals surface area (Å²) >= 11 is 0. The quantitative estimate of drug-likeness (QED) is 0.797. The van der Waals surface area contributed by atoms with E-state index in [1.165, 1.54) is 6.92 Å². The van der Waals surface area contributed by atoms with Crippen LogP contribution in [0.1, 0.15) is 29.3 Å². The van der Waals surface area contributed by atoms with E-state index >= 15 is 0 Å². The summed E-state index contributed by atoms with van der Waals surface area (Å²) in [5, 5.41) is 2.70. The molecule has 0 radical (unpaired) electrons. The van der Waals surface area contributed by atoms with E-state index in [1.54, 1.807) is 12.1 Å². The molecule has 80 valence electrons. The Morgan fingerprint density at radius 2 is 2.07 bits per heavy atom. The van der Waals surface area contributed by atoms with Crippen LogP contribution in [-0.2, 0) is 11.2 Å². The summed E-state index contributed by atoms with van der Waals surface area (Å²) in [5.74, 6) is 0.114. The molecule has 4 heteroatoms. The molecule has 1 aromatic rings. The molecular formula is C11H12ClNO2. The first kappa shape index (κ1) is 11.7. The van der Waals surface area contributed by atoms with E-state index in [9.17, 15) is 9.59 Å². The van der Waals surface area contributed by atoms with Crippen LogP contribution in [-0.4, -0.2) is 11.7 Å². The molecule has 1 aliphatic rings. The van der Waals surface area contributed by atoms with Gasteiger partial charge in [0, 0.05) is 24.6 Å². The topological polar surface area (TPSA) is 46.2 Å². The van der Waals surface area contributed by atoms with Crippen molar-refractivity contribution >= 4 is 29.8 Å². The van der Waals surface area contributed by atoms with Gasteiger partial charge in [0.15, 0.2) is 5.78 Å². The van der Waals surface area contributed by atoms with Crippen molar-refractivity contribution in [3.8, 4) is 0 Å². The molecule has 0 aromatic heterocycles. The first-order valence-corrected chi connectivity index (χ1v) is 4.60. The van der Waals surface area contributed by atoms with Crippen LogP contribution < -0.4 is 5.32 Å². The number of carbonyl (C=O) groups is 2. The maximum absolute atomic E-state index is 11.3. The molecule has 0 fully saturated rings. The molecule has 1 aromatic carbocycles. The van der Waals surface area contributed by atoms with Crippen molar-refractivity contribution in [2.24, 2.45) is 0 Å². The van der Waals surface area contributed by atoms with Crippen LogP contribution in [0, 0.1) is 0 Å². The normalized spacial score (nSPS) is 13.0. The average molecular weight is 226 g/mol. The summed E-state index contributed by atoms with van der Waals surface area (Å²) in [5.41, 5.74) is 2.62. The van der Waals surface area contributed by atoms with Crippen LogP contribution in [0.25, 0.3) is 0 Å². The van der Waals surface area contributed by atoms with Gasteiger partial charge in [0.05, 0.1) is 0 Å². The Kier molecular flexibility index (Phi) is 3.48. The van der Waals surface area contributed by atoms with Crippen LogP contribution in [0.15, 0.2) is 18.2 Å². The highest BCUT2D eigenvalue weighted by Crippen LogP contribution is 2.24. The summed E-state index contributed by atoms with van der Waals surface area (Å²) in [6, 6.07) is 5.43. The Morgan fingerprint density at radius 1 is 1.33 bits per heavy atom. The Hall–Kier alpha value is -1.35. The van der Waals surface area contributed by atoms with E-state index in [0.29, 0.717) is 6.42 Å². The zero-order valence-electron chi connectivity index (χ0n) is 8.37. The number of nitrogens with one attached hydrogen (secondary N) is 1. The fourth-order valence-corrected chi connectivity index (χ4v) is 1.74. The van der Waals surface area contributed by atoms with E-state index in [2.05, 4.69) is 5.32 Å². The van der Waals surface area contributed by atoms with Crippen LogP contribution in [0.4, 0.5) is 5.69 Å². The zero-order chi connectivity index (χ0) is 10.1. The third-order valence-corrected chi connectivity index (χ3v) is 2.35. The van der Waals surface area contributed by atoms with Crippen molar-refractivity contribution in [1.82, 2.24) is 0 Å². The molecule has 1 N–H and O–H groups in total. The third kappa shape index (κ3) is 2.36. The van der Waals surface area contributed by atoms with Gasteiger partial charge >= 0.3 is 0 Å². The number of fused-ring (bicyclic) bond motifs is 1. The van der Waals surface area contributed by atoms with Crippen molar-refractivity contribution in [2.45, 2.75) is 19.8 Å². The molecule has 0 aliphatic heterocycles. The highest BCUT2D eigenvalue weighted by molar-refractivity contribution is 6.01. The van der Waals surface area contributed by atoms with Crippen molar-refractivity contribution < 1.29 is 9.59 Å². The van der Waals surface area contributed by atoms with Gasteiger partial charge in [0.2, 0.25) is 5.91 Å². The number of benzene rings is 1. The van der Waals surface area contributed by atoms with E-state index in [0.717, 1.165) is 23.2 Å². The van der Waals surface area contributed by atoms with Crippen molar-refractivity contribution in [1.29, 1.82) is 0 Å². The number of carbonyl (C=O) groups excluding carboxylic acids is 2. The molecule has 0 saturated carbocycles. The molecule has 0 atom stereocenters. The summed E-state index contributed by atoms with van der Waals surface area (Å²) in [7, 11) is 0. The molecule has 3 nitrogen and oxygen atoms in total. The lowest BCUT2D eigenvalue weighted by molar-refractivity contribution is -0.114. The molecule has 1 aliphatic carbocycles. The van der Waals surface area contributed by atoms with E-state index < -0.39 is 0 Å². The van der Waals surface area contributed by atoms with Gasteiger partial charge in [0.25, 0.3) is 0 Å². The first-order valence-electron chi connectivity index (χ1n) is 4.60. The van der Waals surface area contributed by atoms with Gasteiger partial charge in [-0.05, 0) is 30.2 Å². The van der Waals surface area contributed by atoms with Gasteiger partial charge in [-0.3, -0.25) is 9.59 Å². The monoisotopic (exact) mass is 225 g/mol. The molecule has 2 rings (SSSR count). The molecule has 0 saturated heterocycles. The molecular weight excluding hydrogens is 214 g/mol. The standard InChI is InChI=1S/C11H11NO2.ClH/c1-7(13)12-9-3-4-10-8(6-9)2-5-11(10)14;/h3-4,6H,2,5H2,1H3,(H,12,13);1H. The Bertz CT molecular complexity index is 415. The Morgan fingerprint density at radius 3 is 2.73 bits per heavy atom. The minimum Gasteiger partial charge on any atom is -0.326 e. The fraction of sp³-hybridized carbons (Fsp3) is 0.273. The van der Waals surface area contributed by atoms with Crippen LogP contribution in [0.5, 0.6) is 0 Å². The van der Waals surface area contributed by atoms with Gasteiger partial charge in [-0.1, -0.05) is 0 Å². The summed E-state index contributed by atoms with van der Waals surface area (Å²) < 4.78 is 0. The maximum atomic E-state index is 11.3. The lowest BCUT2D eigenvalue weighted by atomic mass is 10.1. The maximum Gasteiger partial charge on any atom is 0.221 e. The summed E-state index contributed by atoms with van der Waals surface area (Å²) in [4.78, 5) is 22.1. The van der Waals surface area contributed by atoms with E-state index in [4.69, 9.17) is 0 Å². The largest absolute Gasteiger partial charge is 0.326 e. The van der Waals surface area contributed by atoms with Crippen molar-refractivity contribution in [2.75, 3.05) is 5.32 Å². The molecule has 15 heavy (non-hydrogen) atoms. The number of anilines is 1. The van der Waals surface area contributed by atoms with E-state index in [1.807, 2.05) is 6.07 Å². The molecule has 0 spiro atoms. The lowest BCUT2D eigenvalue weighted by Crippen LogP contribution is -2.06. The number of hydrogen-bond donors (Lipinski definition) is 1. The lowest BCUT2D eigenvalue weighted by Gasteiger charge is -2.03. The van der Waals surface area contributed by atoms with Crippen molar-refractivity contribution in [3.05, 3.63) is 29.3 Å². The Balaban J connectivity index is 0.00000112. The SMILES string of the molecule is CC(=O)Nc1ccc2c(c1)CCC2=O.Cl. The molecule has 0 unspecified atom stereocenters. The van der Waals surface area contributed by atoms with Crippen LogP contribution in [0.2, 0.25) is 0 Å². The highest BCUT2D eigenvalue weighted by atomic mass is 35.5. The second-order valence-corrected chi connectivity index (χ2v) is 3.48. The van der Waals surface area contributed by atoms with Crippen LogP contribution >= 0.6 is 12.4 Å². The number of amides is 1. The van der Waals surface area contributed by atoms with Gasteiger partial charge in [-0.2, -0.15) is 0 Å². The Labute approximate surface area is 94.3 Å². The van der Waals surface area contributed by atoms with E-state index in [-0.39, 0.29) is 24.1 Å². The summed E-state index contributed by atoms with van der Waals surface area (Å²) in [6.07, 6.45) is 1.39. The summed E-state index contributed by atoms with van der Waals surface area (Å²) in [6.45, 7) is 1.47.